The number of anilines is 2. The maximum atomic E-state index is 12.9. The minimum atomic E-state index is -4.20. The van der Waals surface area contributed by atoms with Gasteiger partial charge in [-0.3, -0.25) is 28.5 Å². The van der Waals surface area contributed by atoms with Gasteiger partial charge in [0.15, 0.2) is 22.6 Å². The first-order chi connectivity index (χ1) is 45.6. The Morgan fingerprint density at radius 3 is 1.97 bits per heavy atom. The molecule has 0 heterocycles. The number of halogens is 2. The molecule has 7 aromatic carbocycles. The maximum Gasteiger partial charge on any atom is 0.408 e. The van der Waals surface area contributed by atoms with Gasteiger partial charge >= 0.3 is 43.5 Å². The molecule has 0 spiro atoms. The Kier molecular flexibility index (Phi) is 27.2. The number of nitrogens with two attached hydrogens (primary N) is 1. The van der Waals surface area contributed by atoms with Gasteiger partial charge in [-0.25, -0.2) is 19.2 Å². The van der Waals surface area contributed by atoms with Crippen molar-refractivity contribution in [2.24, 2.45) is 23.5 Å². The second-order valence-electron chi connectivity index (χ2n) is 24.2. The van der Waals surface area contributed by atoms with Gasteiger partial charge in [-0.15, -0.1) is 0 Å². The number of alkyl carbamates (subject to hydrolysis) is 1. The highest BCUT2D eigenvalue weighted by Crippen LogP contribution is 2.40. The van der Waals surface area contributed by atoms with E-state index in [1.807, 2.05) is 74.5 Å². The summed E-state index contributed by atoms with van der Waals surface area (Å²) in [5.41, 5.74) is 7.15. The first-order valence-corrected chi connectivity index (χ1v) is 33.9. The lowest BCUT2D eigenvalue weighted by molar-refractivity contribution is -0.147. The van der Waals surface area contributed by atoms with Crippen LogP contribution in [0.1, 0.15) is 125 Å². The Morgan fingerprint density at radius 1 is 0.732 bits per heavy atom. The van der Waals surface area contributed by atoms with Crippen LogP contribution < -0.4 is 26.4 Å². The molecule has 97 heavy (non-hydrogen) atoms. The molecule has 514 valence electrons. The number of aryl methyl sites for hydroxylation is 3. The van der Waals surface area contributed by atoms with Crippen LogP contribution in [0.5, 0.6) is 5.75 Å². The van der Waals surface area contributed by atoms with Crippen molar-refractivity contribution in [3.63, 3.8) is 0 Å². The molecule has 2 amide bonds. The van der Waals surface area contributed by atoms with Crippen LogP contribution in [0.4, 0.5) is 16.2 Å². The molecule has 5 atom stereocenters. The van der Waals surface area contributed by atoms with Gasteiger partial charge in [0.1, 0.15) is 11.4 Å². The van der Waals surface area contributed by atoms with Crippen molar-refractivity contribution in [1.29, 1.82) is 0 Å². The second kappa shape index (κ2) is 34.3. The minimum Gasteiger partial charge on any atom is -0.493 e. The molecular weight excluding hydrogens is 1410 g/mol. The fourth-order valence-electron chi connectivity index (χ4n) is 11.1. The van der Waals surface area contributed by atoms with Gasteiger partial charge in [0.25, 0.3) is 0 Å². The molecule has 10 rings (SSSR count). The van der Waals surface area contributed by atoms with Crippen LogP contribution in [0, 0.1) is 35.2 Å². The van der Waals surface area contributed by atoms with E-state index < -0.39 is 95.7 Å². The highest BCUT2D eigenvalue weighted by Gasteiger charge is 2.56. The van der Waals surface area contributed by atoms with Crippen LogP contribution in [0.15, 0.2) is 152 Å². The first kappa shape index (κ1) is 77.0. The Bertz CT molecular complexity index is 4100. The van der Waals surface area contributed by atoms with Crippen molar-refractivity contribution in [1.82, 2.24) is 5.32 Å². The number of carboxylic acids is 5. The standard InChI is InChI=1S/C19H19N2O7P.C18H19NO3.C15H19NO4.C11H13ClO3.C8H7IO2/c20-19(18(24)25)15(16(22)13-3-1-2-4-14(13)17(19)23)9-21-12-7-5-11(6-8-12)10-29(26,27)28;20-17(14-9-3-4-10-15(14)18(21)22)19-16-11-5-7-12-6-1-2-8-13(12)16;1-14(2,3)20-13(19)16-15(12(17)18)9-8-10-6-4-5-7-11(10)15;1-8-7-9(12)4-5-10(8)15-6-2-3-11(13)14;1-5-4-6(8(10)11)2-3-7(5)9/h1-8,15,21H,9-10,20H2,(H,24,25)(H2,26,27,28);1-2,5-8,11,14-15H,3-4,9-10H2,(H,19,20)(H,21,22);4-7H,8-9H2,1-3H3,(H,16,19)(H,17,18);4-5,7H,2-3,6H2,1H3,(H,13,14);2-4H,1H3,(H,10,11). The summed E-state index contributed by atoms with van der Waals surface area (Å²) in [6.45, 7) is 9.22. The minimum absolute atomic E-state index is 0.0135. The van der Waals surface area contributed by atoms with Crippen molar-refractivity contribution >= 4 is 117 Å². The molecule has 23 nitrogen and oxygen atoms in total. The quantitative estimate of drug-likeness (QED) is 0.0175. The molecule has 1 saturated carbocycles. The molecule has 1 fully saturated rings. The number of carbonyl (C=O) groups excluding carboxylic acids is 4. The number of hydrogen-bond acceptors (Lipinski definition) is 14. The van der Waals surface area contributed by atoms with Crippen LogP contribution in [-0.2, 0) is 51.4 Å². The molecule has 0 aromatic heterocycles. The summed E-state index contributed by atoms with van der Waals surface area (Å²) in [5, 5.41) is 56.6. The Labute approximate surface area is 578 Å². The summed E-state index contributed by atoms with van der Waals surface area (Å²) in [7, 11) is -4.20. The zero-order valence-electron chi connectivity index (χ0n) is 53.8. The third-order valence-corrected chi connectivity index (χ3v) is 18.2. The van der Waals surface area contributed by atoms with Crippen molar-refractivity contribution in [3.8, 4) is 5.75 Å². The monoisotopic (exact) mass is 1480 g/mol. The number of carbonyl (C=O) groups is 9. The van der Waals surface area contributed by atoms with E-state index in [4.69, 9.17) is 46.8 Å². The summed E-state index contributed by atoms with van der Waals surface area (Å²) >= 11 is 7.96. The summed E-state index contributed by atoms with van der Waals surface area (Å²) in [6.07, 6.45) is 3.51. The third-order valence-electron chi connectivity index (χ3n) is 16.0. The Balaban J connectivity index is 0.000000198. The smallest absolute Gasteiger partial charge is 0.408 e. The van der Waals surface area contributed by atoms with Gasteiger partial charge < -0.3 is 66.5 Å². The molecule has 0 bridgehead atoms. The highest BCUT2D eigenvalue weighted by atomic mass is 127. The van der Waals surface area contributed by atoms with Gasteiger partial charge in [-0.1, -0.05) is 122 Å². The number of fused-ring (bicyclic) bond motifs is 3. The summed E-state index contributed by atoms with van der Waals surface area (Å²) < 4.78 is 22.7. The summed E-state index contributed by atoms with van der Waals surface area (Å²) in [4.78, 5) is 124. The van der Waals surface area contributed by atoms with Crippen molar-refractivity contribution in [2.45, 2.75) is 109 Å². The molecule has 0 radical (unpaired) electrons. The fourth-order valence-corrected chi connectivity index (χ4v) is 12.4. The van der Waals surface area contributed by atoms with Crippen molar-refractivity contribution in [3.05, 3.63) is 205 Å². The third kappa shape index (κ3) is 21.2. The van der Waals surface area contributed by atoms with Gasteiger partial charge in [0.05, 0.1) is 36.1 Å². The largest absolute Gasteiger partial charge is 0.493 e. The molecule has 26 heteroatoms. The van der Waals surface area contributed by atoms with Gasteiger partial charge in [-0.05, 0) is 177 Å². The lowest BCUT2D eigenvalue weighted by Crippen LogP contribution is -2.66. The molecule has 0 aliphatic heterocycles. The number of rotatable bonds is 17. The van der Waals surface area contributed by atoms with E-state index in [1.54, 1.807) is 69.3 Å². The molecular formula is C71H77ClIN4O19P. The first-order valence-electron chi connectivity index (χ1n) is 30.7. The number of hydrogen-bond donors (Lipinski definition) is 11. The fraction of sp³-hybridized carbons (Fsp3) is 0.310. The molecule has 5 unspecified atom stereocenters. The molecule has 0 saturated heterocycles. The molecule has 12 N–H and O–H groups in total. The van der Waals surface area contributed by atoms with Gasteiger partial charge in [-0.2, -0.15) is 0 Å². The number of aliphatic carboxylic acids is 4. The van der Waals surface area contributed by atoms with Gasteiger partial charge in [0.2, 0.25) is 5.91 Å². The van der Waals surface area contributed by atoms with Crippen LogP contribution in [0.2, 0.25) is 5.02 Å². The number of carboxylic acid groups (broad SMARTS) is 5. The number of Topliss-reactive ketones (excluding diaryl/α,β-unsaturated/α-hetero) is 2. The average Bonchev–Trinajstić information content (AvgIpc) is 0.811. The molecule has 7 aromatic rings. The zero-order valence-corrected chi connectivity index (χ0v) is 57.6. The lowest BCUT2D eigenvalue weighted by atomic mass is 9.69. The molecule has 3 aliphatic rings. The number of aromatic carboxylic acids is 1. The van der Waals surface area contributed by atoms with Crippen LogP contribution in [-0.4, -0.2) is 113 Å². The average molecular weight is 1480 g/mol. The number of benzene rings is 7. The zero-order chi connectivity index (χ0) is 71.6. The second-order valence-corrected chi connectivity index (χ2v) is 27.5. The van der Waals surface area contributed by atoms with Crippen LogP contribution >= 0.6 is 41.8 Å². The summed E-state index contributed by atoms with van der Waals surface area (Å²) in [6, 6.07) is 43.3. The van der Waals surface area contributed by atoms with Crippen molar-refractivity contribution < 1.29 is 92.5 Å². The Morgan fingerprint density at radius 2 is 1.36 bits per heavy atom. The number of nitrogens with one attached hydrogen (secondary N) is 3. The predicted octanol–water partition coefficient (Wildman–Crippen LogP) is 12.6. The predicted molar refractivity (Wildman–Crippen MR) is 372 cm³/mol. The summed E-state index contributed by atoms with van der Waals surface area (Å²) in [5.74, 6) is -8.32. The normalized spacial score (nSPS) is 18.3. The van der Waals surface area contributed by atoms with Gasteiger partial charge in [0, 0.05) is 49.4 Å². The number of ketones is 2. The van der Waals surface area contributed by atoms with E-state index in [-0.39, 0.29) is 30.0 Å². The maximum absolute atomic E-state index is 12.9. The highest BCUT2D eigenvalue weighted by molar-refractivity contribution is 14.1. The van der Waals surface area contributed by atoms with Crippen LogP contribution in [0.25, 0.3) is 10.8 Å². The Hall–Kier alpha value is -9.04. The van der Waals surface area contributed by atoms with Crippen LogP contribution in [0.3, 0.4) is 0 Å². The topological polar surface area (TPSA) is 393 Å². The SMILES string of the molecule is CC(C)(C)OC(=O)NC1(C(=O)O)CCc2ccccc21.Cc1cc(C(=O)O)ccc1I.Cc1cc(Cl)ccc1OCCCC(=O)O.NC1(C(=O)O)C(=O)c2ccccc2C(=O)C1CNc1ccc(CP(=O)(O)O)cc1.O=C(O)C1CCCCC1C(=O)Nc1cccc2ccccc12. The number of amides is 2. The van der Waals surface area contributed by atoms with Crippen molar-refractivity contribution in [2.75, 3.05) is 23.8 Å². The number of ether oxygens (including phenoxy) is 2. The lowest BCUT2D eigenvalue weighted by Gasteiger charge is -2.36. The van der Waals surface area contributed by atoms with E-state index in [1.165, 1.54) is 42.5 Å². The van der Waals surface area contributed by atoms with E-state index >= 15 is 0 Å². The molecule has 3 aliphatic carbocycles. The van der Waals surface area contributed by atoms with E-state index in [0.717, 1.165) is 55.3 Å². The van der Waals surface area contributed by atoms with E-state index in [2.05, 4.69) is 38.5 Å². The van der Waals surface area contributed by atoms with E-state index in [0.29, 0.717) is 66.1 Å². The van der Waals surface area contributed by atoms with E-state index in [9.17, 15) is 63.0 Å².